The molecule has 0 saturated carbocycles. The molecule has 0 heterocycles. The third kappa shape index (κ3) is 51.7. The van der Waals surface area contributed by atoms with Crippen LogP contribution in [0.2, 0.25) is 0 Å². The maximum absolute atomic E-state index is 5.70. The molecule has 8 nitrogen and oxygen atoms in total. The topological polar surface area (TPSA) is 73.8 Å². The van der Waals surface area contributed by atoms with Gasteiger partial charge in [0.05, 0.1) is 92.5 Å². The van der Waals surface area contributed by atoms with Crippen LogP contribution in [0.4, 0.5) is 0 Å². The molecule has 0 aromatic rings. The van der Waals surface area contributed by atoms with Crippen LogP contribution >= 0.6 is 0 Å². The normalized spacial score (nSPS) is 11.7. The predicted molar refractivity (Wildman–Crippen MR) is 223 cm³/mol. The molecule has 0 amide bonds. The molecule has 0 aliphatic carbocycles. The van der Waals surface area contributed by atoms with Crippen molar-refractivity contribution in [3.8, 4) is 0 Å². The van der Waals surface area contributed by atoms with Gasteiger partial charge in [-0.25, -0.2) is 0 Å². The minimum atomic E-state index is 0.554. The SMILES string of the molecule is CCCCCCCCCCCCCCCCCCOCCOCCOCCOCCOCCOCCOCCOCCCCCCCCCCCCC. The number of rotatable bonds is 50. The van der Waals surface area contributed by atoms with E-state index in [1.54, 1.807) is 0 Å². The number of hydrogen-bond donors (Lipinski definition) is 0. The van der Waals surface area contributed by atoms with E-state index in [2.05, 4.69) is 13.8 Å². The molecular weight excluding hydrogens is 668 g/mol. The Morgan fingerprint density at radius 3 is 0.453 bits per heavy atom. The largest absolute Gasteiger partial charge is 0.379 e. The lowest BCUT2D eigenvalue weighted by Gasteiger charge is -2.09. The van der Waals surface area contributed by atoms with E-state index in [0.29, 0.717) is 92.5 Å². The van der Waals surface area contributed by atoms with Gasteiger partial charge in [0.15, 0.2) is 0 Å². The van der Waals surface area contributed by atoms with Crippen LogP contribution in [-0.2, 0) is 37.9 Å². The fourth-order valence-corrected chi connectivity index (χ4v) is 6.26. The third-order valence-corrected chi connectivity index (χ3v) is 9.64. The van der Waals surface area contributed by atoms with Crippen LogP contribution in [0.5, 0.6) is 0 Å². The highest BCUT2D eigenvalue weighted by Crippen LogP contribution is 2.14. The summed E-state index contributed by atoms with van der Waals surface area (Å²) >= 11 is 0. The van der Waals surface area contributed by atoms with Crippen molar-refractivity contribution in [3.63, 3.8) is 0 Å². The Bertz CT molecular complexity index is 561. The molecule has 0 fully saturated rings. The molecule has 0 aromatic heterocycles. The van der Waals surface area contributed by atoms with E-state index >= 15 is 0 Å². The number of ether oxygens (including phenoxy) is 8. The van der Waals surface area contributed by atoms with Crippen LogP contribution in [0.15, 0.2) is 0 Å². The van der Waals surface area contributed by atoms with Crippen molar-refractivity contribution in [1.82, 2.24) is 0 Å². The van der Waals surface area contributed by atoms with Gasteiger partial charge in [-0.1, -0.05) is 174 Å². The van der Waals surface area contributed by atoms with Crippen molar-refractivity contribution >= 4 is 0 Å². The Hall–Kier alpha value is -0.320. The van der Waals surface area contributed by atoms with E-state index in [-0.39, 0.29) is 0 Å². The molecule has 0 bridgehead atoms. The minimum Gasteiger partial charge on any atom is -0.379 e. The lowest BCUT2D eigenvalue weighted by Crippen LogP contribution is -2.15. The maximum Gasteiger partial charge on any atom is 0.0701 e. The molecule has 0 aliphatic rings. The molecule has 0 radical (unpaired) electrons. The smallest absolute Gasteiger partial charge is 0.0701 e. The van der Waals surface area contributed by atoms with Crippen molar-refractivity contribution in [2.75, 3.05) is 106 Å². The van der Waals surface area contributed by atoms with E-state index in [1.165, 1.54) is 161 Å². The first-order valence-electron chi connectivity index (χ1n) is 23.0. The third-order valence-electron chi connectivity index (χ3n) is 9.64. The highest BCUT2D eigenvalue weighted by atomic mass is 16.6. The van der Waals surface area contributed by atoms with Crippen LogP contribution < -0.4 is 0 Å². The average molecular weight is 761 g/mol. The lowest BCUT2D eigenvalue weighted by atomic mass is 10.0. The summed E-state index contributed by atoms with van der Waals surface area (Å²) in [5.41, 5.74) is 0. The summed E-state index contributed by atoms with van der Waals surface area (Å²) in [5, 5.41) is 0. The molecule has 0 aromatic carbocycles. The van der Waals surface area contributed by atoms with E-state index in [1.807, 2.05) is 0 Å². The van der Waals surface area contributed by atoms with Crippen molar-refractivity contribution in [2.24, 2.45) is 0 Å². The molecule has 0 spiro atoms. The second-order valence-electron chi connectivity index (χ2n) is 14.7. The van der Waals surface area contributed by atoms with E-state index in [4.69, 9.17) is 37.9 Å². The average Bonchev–Trinajstić information content (AvgIpc) is 3.17. The molecule has 0 N–H and O–H groups in total. The maximum atomic E-state index is 5.70. The van der Waals surface area contributed by atoms with Gasteiger partial charge < -0.3 is 37.9 Å². The Morgan fingerprint density at radius 2 is 0.283 bits per heavy atom. The van der Waals surface area contributed by atoms with Gasteiger partial charge in [0.2, 0.25) is 0 Å². The molecule has 0 rings (SSSR count). The van der Waals surface area contributed by atoms with E-state index in [9.17, 15) is 0 Å². The van der Waals surface area contributed by atoms with Gasteiger partial charge in [-0.05, 0) is 12.8 Å². The quantitative estimate of drug-likeness (QED) is 0.0568. The zero-order valence-electron chi connectivity index (χ0n) is 35.7. The van der Waals surface area contributed by atoms with Crippen LogP contribution in [0.1, 0.15) is 187 Å². The molecule has 53 heavy (non-hydrogen) atoms. The van der Waals surface area contributed by atoms with Crippen molar-refractivity contribution in [1.29, 1.82) is 0 Å². The first-order chi connectivity index (χ1) is 26.4. The van der Waals surface area contributed by atoms with Gasteiger partial charge in [-0.2, -0.15) is 0 Å². The number of unbranched alkanes of at least 4 members (excludes halogenated alkanes) is 25. The zero-order valence-corrected chi connectivity index (χ0v) is 35.7. The van der Waals surface area contributed by atoms with Crippen LogP contribution in [0.3, 0.4) is 0 Å². The molecule has 0 saturated heterocycles. The first-order valence-corrected chi connectivity index (χ1v) is 23.0. The van der Waals surface area contributed by atoms with Crippen LogP contribution in [-0.4, -0.2) is 106 Å². The minimum absolute atomic E-state index is 0.554. The number of hydrogen-bond acceptors (Lipinski definition) is 8. The standard InChI is InChI=1S/C45H92O8/c1-3-5-7-9-11-13-15-16-17-18-19-21-23-25-27-29-31-47-33-35-49-37-39-51-41-43-53-45-44-52-42-40-50-38-36-48-34-32-46-30-28-26-24-22-20-14-12-10-8-6-4-2/h3-45H2,1-2H3. The summed E-state index contributed by atoms with van der Waals surface area (Å²) in [6.45, 7) is 14.5. The van der Waals surface area contributed by atoms with Gasteiger partial charge in [0.1, 0.15) is 0 Å². The molecule has 0 aliphatic heterocycles. The highest BCUT2D eigenvalue weighted by Gasteiger charge is 1.98. The zero-order chi connectivity index (χ0) is 38.1. The monoisotopic (exact) mass is 761 g/mol. The second-order valence-corrected chi connectivity index (χ2v) is 14.7. The summed E-state index contributed by atoms with van der Waals surface area (Å²) in [4.78, 5) is 0. The Morgan fingerprint density at radius 1 is 0.151 bits per heavy atom. The molecule has 320 valence electrons. The Labute approximate surface area is 330 Å². The van der Waals surface area contributed by atoms with Crippen LogP contribution in [0.25, 0.3) is 0 Å². The van der Waals surface area contributed by atoms with Gasteiger partial charge in [0.25, 0.3) is 0 Å². The van der Waals surface area contributed by atoms with Gasteiger partial charge in [0, 0.05) is 13.2 Å². The Kier molecular flexibility index (Phi) is 51.4. The summed E-state index contributed by atoms with van der Waals surface area (Å²) in [7, 11) is 0. The summed E-state index contributed by atoms with van der Waals surface area (Å²) in [5.74, 6) is 0. The van der Waals surface area contributed by atoms with Gasteiger partial charge in [-0.15, -0.1) is 0 Å². The molecule has 0 unspecified atom stereocenters. The van der Waals surface area contributed by atoms with Gasteiger partial charge >= 0.3 is 0 Å². The van der Waals surface area contributed by atoms with E-state index in [0.717, 1.165) is 26.1 Å². The summed E-state index contributed by atoms with van der Waals surface area (Å²) < 4.78 is 44.8. The first kappa shape index (κ1) is 52.7. The fourth-order valence-electron chi connectivity index (χ4n) is 6.26. The summed E-state index contributed by atoms with van der Waals surface area (Å²) in [6, 6.07) is 0. The molecular formula is C45H92O8. The van der Waals surface area contributed by atoms with Gasteiger partial charge in [-0.3, -0.25) is 0 Å². The van der Waals surface area contributed by atoms with Crippen molar-refractivity contribution in [3.05, 3.63) is 0 Å². The summed E-state index contributed by atoms with van der Waals surface area (Å²) in [6.07, 6.45) is 37.2. The lowest BCUT2D eigenvalue weighted by molar-refractivity contribution is -0.0232. The van der Waals surface area contributed by atoms with Crippen molar-refractivity contribution < 1.29 is 37.9 Å². The van der Waals surface area contributed by atoms with E-state index < -0.39 is 0 Å². The highest BCUT2D eigenvalue weighted by molar-refractivity contribution is 4.51. The molecule has 0 atom stereocenters. The fraction of sp³-hybridized carbons (Fsp3) is 1.00. The Balaban J connectivity index is 3.05. The van der Waals surface area contributed by atoms with Crippen molar-refractivity contribution in [2.45, 2.75) is 187 Å². The molecule has 8 heteroatoms. The van der Waals surface area contributed by atoms with Crippen LogP contribution in [0, 0.1) is 0 Å². The predicted octanol–water partition coefficient (Wildman–Crippen LogP) is 11.7. The second kappa shape index (κ2) is 51.7.